The Hall–Kier alpha value is -2.43. The van der Waals surface area contributed by atoms with Crippen molar-refractivity contribution in [3.8, 4) is 11.5 Å². The lowest BCUT2D eigenvalue weighted by Gasteiger charge is -2.10. The van der Waals surface area contributed by atoms with Crippen LogP contribution in [0.4, 0.5) is 0 Å². The Balaban J connectivity index is 2.01. The Morgan fingerprint density at radius 2 is 1.88 bits per heavy atom. The van der Waals surface area contributed by atoms with Crippen molar-refractivity contribution in [3.63, 3.8) is 0 Å². The maximum absolute atomic E-state index is 12.1. The molecule has 0 radical (unpaired) electrons. The van der Waals surface area contributed by atoms with E-state index in [0.717, 1.165) is 17.5 Å². The van der Waals surface area contributed by atoms with Gasteiger partial charge in [-0.1, -0.05) is 24.6 Å². The predicted octanol–water partition coefficient (Wildman–Crippen LogP) is 3.37. The van der Waals surface area contributed by atoms with Gasteiger partial charge in [-0.2, -0.15) is 0 Å². The summed E-state index contributed by atoms with van der Waals surface area (Å²) < 4.78 is 5.66. The number of ketones is 1. The van der Waals surface area contributed by atoms with Gasteiger partial charge in [-0.3, -0.25) is 9.59 Å². The first-order chi connectivity index (χ1) is 11.4. The van der Waals surface area contributed by atoms with Gasteiger partial charge in [0.1, 0.15) is 11.5 Å². The number of nitrogens with zero attached hydrogens (tertiary/aromatic N) is 1. The van der Waals surface area contributed by atoms with Crippen LogP contribution in [0.5, 0.6) is 0 Å². The van der Waals surface area contributed by atoms with E-state index in [2.05, 4.69) is 10.3 Å². The van der Waals surface area contributed by atoms with Gasteiger partial charge in [-0.15, -0.1) is 0 Å². The van der Waals surface area contributed by atoms with Gasteiger partial charge in [0.15, 0.2) is 0 Å². The molecule has 0 aliphatic rings. The molecule has 1 N–H and O–H groups in total. The van der Waals surface area contributed by atoms with E-state index in [9.17, 15) is 9.59 Å². The highest BCUT2D eigenvalue weighted by atomic mass is 16.4. The molecule has 2 rings (SSSR count). The van der Waals surface area contributed by atoms with Gasteiger partial charge in [0.2, 0.25) is 11.8 Å². The molecule has 0 fully saturated rings. The van der Waals surface area contributed by atoms with Crippen molar-refractivity contribution in [3.05, 3.63) is 41.3 Å². The Bertz CT molecular complexity index is 717. The molecule has 1 amide bonds. The molecule has 0 bridgehead atoms. The molecular weight excluding hydrogens is 304 g/mol. The van der Waals surface area contributed by atoms with E-state index >= 15 is 0 Å². The van der Waals surface area contributed by atoms with E-state index in [1.54, 1.807) is 6.92 Å². The van der Waals surface area contributed by atoms with Crippen molar-refractivity contribution in [2.75, 3.05) is 0 Å². The average molecular weight is 328 g/mol. The van der Waals surface area contributed by atoms with Gasteiger partial charge in [-0.05, 0) is 39.3 Å². The van der Waals surface area contributed by atoms with Crippen molar-refractivity contribution in [2.24, 2.45) is 0 Å². The summed E-state index contributed by atoms with van der Waals surface area (Å²) in [7, 11) is 0. The Morgan fingerprint density at radius 1 is 1.21 bits per heavy atom. The summed E-state index contributed by atoms with van der Waals surface area (Å²) in [4.78, 5) is 28.3. The van der Waals surface area contributed by atoms with Crippen molar-refractivity contribution >= 4 is 11.7 Å². The monoisotopic (exact) mass is 328 g/mol. The lowest BCUT2D eigenvalue weighted by molar-refractivity contribution is -0.128. The lowest BCUT2D eigenvalue weighted by atomic mass is 10.1. The van der Waals surface area contributed by atoms with Crippen molar-refractivity contribution < 1.29 is 14.0 Å². The third kappa shape index (κ3) is 4.78. The number of rotatable bonds is 7. The van der Waals surface area contributed by atoms with E-state index in [1.165, 1.54) is 0 Å². The van der Waals surface area contributed by atoms with Crippen LogP contribution in [0.25, 0.3) is 11.5 Å². The van der Waals surface area contributed by atoms with E-state index in [0.29, 0.717) is 17.3 Å². The molecule has 5 heteroatoms. The third-order valence-electron chi connectivity index (χ3n) is 3.93. The van der Waals surface area contributed by atoms with Crippen LogP contribution in [0.1, 0.15) is 43.7 Å². The summed E-state index contributed by atoms with van der Waals surface area (Å²) in [6.45, 7) is 7.70. The number of amides is 1. The largest absolute Gasteiger partial charge is 0.441 e. The number of Topliss-reactive ketones (excluding diaryl/α,β-unsaturated/α-hetero) is 1. The number of hydrogen-bond donors (Lipinski definition) is 1. The van der Waals surface area contributed by atoms with E-state index < -0.39 is 0 Å². The smallest absolute Gasteiger partial charge is 0.227 e. The molecule has 0 spiro atoms. The van der Waals surface area contributed by atoms with Crippen LogP contribution in [0.2, 0.25) is 0 Å². The molecule has 0 aliphatic carbocycles. The quantitative estimate of drug-likeness (QED) is 0.791. The van der Waals surface area contributed by atoms with Crippen LogP contribution in [0.3, 0.4) is 0 Å². The minimum Gasteiger partial charge on any atom is -0.441 e. The minimum absolute atomic E-state index is 0.0761. The number of benzene rings is 1. The number of aryl methyl sites for hydroxylation is 2. The zero-order valence-electron chi connectivity index (χ0n) is 14.7. The van der Waals surface area contributed by atoms with Crippen LogP contribution in [-0.4, -0.2) is 22.7 Å². The molecule has 0 saturated heterocycles. The normalized spacial score (nSPS) is 12.0. The molecule has 24 heavy (non-hydrogen) atoms. The van der Waals surface area contributed by atoms with Gasteiger partial charge in [0.25, 0.3) is 0 Å². The summed E-state index contributed by atoms with van der Waals surface area (Å²) in [6.07, 6.45) is 0.813. The molecule has 1 heterocycles. The van der Waals surface area contributed by atoms with Gasteiger partial charge in [-0.25, -0.2) is 4.98 Å². The molecule has 128 valence electrons. The van der Waals surface area contributed by atoms with Gasteiger partial charge in [0, 0.05) is 11.6 Å². The Labute approximate surface area is 142 Å². The van der Waals surface area contributed by atoms with Crippen LogP contribution in [-0.2, 0) is 16.0 Å². The molecule has 5 nitrogen and oxygen atoms in total. The molecule has 0 aliphatic heterocycles. The number of nitrogens with one attached hydrogen (secondary N) is 1. The highest BCUT2D eigenvalue weighted by Gasteiger charge is 2.17. The van der Waals surface area contributed by atoms with Crippen LogP contribution in [0, 0.1) is 13.8 Å². The second-order valence-corrected chi connectivity index (χ2v) is 6.16. The average Bonchev–Trinajstić information content (AvgIpc) is 2.88. The topological polar surface area (TPSA) is 72.2 Å². The lowest BCUT2D eigenvalue weighted by Crippen LogP contribution is -2.33. The minimum atomic E-state index is -0.241. The van der Waals surface area contributed by atoms with Gasteiger partial charge >= 0.3 is 0 Å². The fourth-order valence-electron chi connectivity index (χ4n) is 2.27. The second kappa shape index (κ2) is 7.90. The maximum atomic E-state index is 12.1. The number of oxazole rings is 1. The molecule has 1 aromatic carbocycles. The Kier molecular flexibility index (Phi) is 5.90. The van der Waals surface area contributed by atoms with Crippen LogP contribution < -0.4 is 5.32 Å². The third-order valence-corrected chi connectivity index (χ3v) is 3.93. The van der Waals surface area contributed by atoms with Gasteiger partial charge in [0.05, 0.1) is 18.5 Å². The van der Waals surface area contributed by atoms with Crippen molar-refractivity contribution in [1.29, 1.82) is 0 Å². The van der Waals surface area contributed by atoms with E-state index in [1.807, 2.05) is 45.0 Å². The molecule has 1 atom stereocenters. The molecule has 0 saturated carbocycles. The predicted molar refractivity (Wildman–Crippen MR) is 92.6 cm³/mol. The zero-order valence-corrected chi connectivity index (χ0v) is 14.7. The standard InChI is InChI=1S/C19H24N2O3/c1-5-13(3)20-18(23)11-16(22)10-17-14(4)24-19(21-17)15-8-6-12(2)7-9-15/h6-9,13H,5,10-11H2,1-4H3,(H,20,23). The maximum Gasteiger partial charge on any atom is 0.227 e. The first-order valence-electron chi connectivity index (χ1n) is 8.23. The van der Waals surface area contributed by atoms with Crippen molar-refractivity contribution in [1.82, 2.24) is 10.3 Å². The molecule has 1 unspecified atom stereocenters. The van der Waals surface area contributed by atoms with Gasteiger partial charge < -0.3 is 9.73 Å². The fraction of sp³-hybridized carbons (Fsp3) is 0.421. The van der Waals surface area contributed by atoms with Crippen molar-refractivity contribution in [2.45, 2.75) is 53.0 Å². The molecule has 1 aromatic heterocycles. The fourth-order valence-corrected chi connectivity index (χ4v) is 2.27. The highest BCUT2D eigenvalue weighted by molar-refractivity contribution is 5.98. The number of hydrogen-bond acceptors (Lipinski definition) is 4. The summed E-state index contributed by atoms with van der Waals surface area (Å²) in [6, 6.07) is 7.92. The summed E-state index contributed by atoms with van der Waals surface area (Å²) in [5, 5.41) is 2.79. The first kappa shape index (κ1) is 17.9. The number of carbonyl (C=O) groups is 2. The van der Waals surface area contributed by atoms with Crippen LogP contribution in [0.15, 0.2) is 28.7 Å². The van der Waals surface area contributed by atoms with E-state index in [-0.39, 0.29) is 30.6 Å². The first-order valence-corrected chi connectivity index (χ1v) is 8.23. The second-order valence-electron chi connectivity index (χ2n) is 6.16. The van der Waals surface area contributed by atoms with E-state index in [4.69, 9.17) is 4.42 Å². The zero-order chi connectivity index (χ0) is 17.7. The van der Waals surface area contributed by atoms with Crippen LogP contribution >= 0.6 is 0 Å². The highest BCUT2D eigenvalue weighted by Crippen LogP contribution is 2.22. The molecule has 2 aromatic rings. The summed E-state index contributed by atoms with van der Waals surface area (Å²) in [5.74, 6) is 0.706. The summed E-state index contributed by atoms with van der Waals surface area (Å²) in [5.41, 5.74) is 2.62. The number of carbonyl (C=O) groups excluding carboxylic acids is 2. The summed E-state index contributed by atoms with van der Waals surface area (Å²) >= 11 is 0. The SMILES string of the molecule is CCC(C)NC(=O)CC(=O)Cc1nc(-c2ccc(C)cc2)oc1C. The Morgan fingerprint density at radius 3 is 2.50 bits per heavy atom. The number of aromatic nitrogens is 1. The molecular formula is C19H24N2O3.